The maximum Gasteiger partial charge on any atom is 0.296 e. The normalized spacial score (nSPS) is 17.3. The van der Waals surface area contributed by atoms with Crippen molar-refractivity contribution in [2.24, 2.45) is 0 Å². The van der Waals surface area contributed by atoms with Crippen molar-refractivity contribution in [2.75, 3.05) is 5.32 Å². The van der Waals surface area contributed by atoms with Crippen LogP contribution in [0.4, 0.5) is 11.4 Å². The van der Waals surface area contributed by atoms with Crippen LogP contribution < -0.4 is 5.32 Å². The lowest BCUT2D eigenvalue weighted by atomic mass is 9.98. The molecule has 5 heteroatoms. The maximum atomic E-state index is 11.3. The molecule has 1 amide bonds. The average Bonchev–Trinajstić information content (AvgIpc) is 3.07. The minimum atomic E-state index is -0.345. The van der Waals surface area contributed by atoms with E-state index in [0.29, 0.717) is 18.0 Å². The average molecular weight is 246 g/mol. The summed E-state index contributed by atoms with van der Waals surface area (Å²) in [6.07, 6.45) is 5.27. The van der Waals surface area contributed by atoms with Gasteiger partial charge >= 0.3 is 0 Å². The Labute approximate surface area is 104 Å². The summed E-state index contributed by atoms with van der Waals surface area (Å²) in [7, 11) is 0. The summed E-state index contributed by atoms with van der Waals surface area (Å²) in [6.45, 7) is 0. The Morgan fingerprint density at radius 2 is 2.17 bits per heavy atom. The first kappa shape index (κ1) is 11.2. The standard InChI is InChI=1S/C13H14N2O3/c16-7-14-12-11(8-4-5-8)6-9-2-1-3-10(9)13(12)15(17)18/h6-8H,1-5H2,(H,14,16). The van der Waals surface area contributed by atoms with Gasteiger partial charge in [-0.2, -0.15) is 0 Å². The van der Waals surface area contributed by atoms with Crippen molar-refractivity contribution < 1.29 is 9.72 Å². The molecule has 2 aliphatic rings. The number of aryl methyl sites for hydroxylation is 1. The second-order valence-electron chi connectivity index (χ2n) is 4.97. The minimum Gasteiger partial charge on any atom is -0.323 e. The smallest absolute Gasteiger partial charge is 0.296 e. The van der Waals surface area contributed by atoms with E-state index in [-0.39, 0.29) is 10.6 Å². The molecule has 0 bridgehead atoms. The summed E-state index contributed by atoms with van der Waals surface area (Å²) < 4.78 is 0. The van der Waals surface area contributed by atoms with Crippen LogP contribution in [0.3, 0.4) is 0 Å². The number of hydrogen-bond acceptors (Lipinski definition) is 3. The molecule has 0 radical (unpaired) electrons. The third-order valence-corrected chi connectivity index (χ3v) is 3.80. The topological polar surface area (TPSA) is 72.2 Å². The molecule has 1 aromatic rings. The summed E-state index contributed by atoms with van der Waals surface area (Å²) in [6, 6.07) is 2.07. The number of nitrogens with zero attached hydrogens (tertiary/aromatic N) is 1. The Balaban J connectivity index is 2.23. The zero-order chi connectivity index (χ0) is 12.7. The Morgan fingerprint density at radius 3 is 2.78 bits per heavy atom. The molecule has 18 heavy (non-hydrogen) atoms. The van der Waals surface area contributed by atoms with Crippen molar-refractivity contribution in [3.63, 3.8) is 0 Å². The quantitative estimate of drug-likeness (QED) is 0.504. The molecule has 0 aliphatic heterocycles. The van der Waals surface area contributed by atoms with Crippen molar-refractivity contribution in [3.05, 3.63) is 32.9 Å². The number of fused-ring (bicyclic) bond motifs is 1. The van der Waals surface area contributed by atoms with Gasteiger partial charge in [0.2, 0.25) is 6.41 Å². The lowest BCUT2D eigenvalue weighted by Crippen LogP contribution is -2.06. The number of nitrogens with one attached hydrogen (secondary N) is 1. The van der Waals surface area contributed by atoms with Crippen molar-refractivity contribution in [2.45, 2.75) is 38.0 Å². The second-order valence-corrected chi connectivity index (χ2v) is 4.97. The number of nitro groups is 1. The molecule has 0 atom stereocenters. The highest BCUT2D eigenvalue weighted by Crippen LogP contribution is 2.49. The van der Waals surface area contributed by atoms with Crippen LogP contribution in [0.5, 0.6) is 0 Å². The van der Waals surface area contributed by atoms with E-state index in [9.17, 15) is 14.9 Å². The number of hydrogen-bond donors (Lipinski definition) is 1. The predicted molar refractivity (Wildman–Crippen MR) is 66.8 cm³/mol. The Morgan fingerprint density at radius 1 is 1.39 bits per heavy atom. The Hall–Kier alpha value is -1.91. The maximum absolute atomic E-state index is 11.3. The molecule has 94 valence electrons. The Bertz CT molecular complexity index is 536. The number of nitro benzene ring substituents is 1. The molecule has 5 nitrogen and oxygen atoms in total. The summed E-state index contributed by atoms with van der Waals surface area (Å²) in [5.74, 6) is 0.386. The van der Waals surface area contributed by atoms with E-state index in [1.54, 1.807) is 0 Å². The number of carbonyl (C=O) groups is 1. The minimum absolute atomic E-state index is 0.124. The van der Waals surface area contributed by atoms with Crippen LogP contribution in [0.25, 0.3) is 0 Å². The molecular weight excluding hydrogens is 232 g/mol. The van der Waals surface area contributed by atoms with Crippen LogP contribution >= 0.6 is 0 Å². The van der Waals surface area contributed by atoms with Gasteiger partial charge in [-0.25, -0.2) is 0 Å². The van der Waals surface area contributed by atoms with Gasteiger partial charge < -0.3 is 5.32 Å². The van der Waals surface area contributed by atoms with Crippen molar-refractivity contribution in [1.82, 2.24) is 0 Å². The van der Waals surface area contributed by atoms with Crippen LogP contribution in [-0.2, 0) is 17.6 Å². The van der Waals surface area contributed by atoms with Crippen LogP contribution in [0.1, 0.15) is 41.9 Å². The number of rotatable bonds is 4. The lowest BCUT2D eigenvalue weighted by Gasteiger charge is -2.12. The van der Waals surface area contributed by atoms with Crippen LogP contribution in [0, 0.1) is 10.1 Å². The van der Waals surface area contributed by atoms with E-state index in [4.69, 9.17) is 0 Å². The molecule has 1 aromatic carbocycles. The van der Waals surface area contributed by atoms with Gasteiger partial charge in [-0.1, -0.05) is 6.07 Å². The fraction of sp³-hybridized carbons (Fsp3) is 0.462. The molecule has 0 unspecified atom stereocenters. The van der Waals surface area contributed by atoms with Gasteiger partial charge in [-0.05, 0) is 49.1 Å². The number of carbonyl (C=O) groups excluding carboxylic acids is 1. The molecule has 1 N–H and O–H groups in total. The fourth-order valence-electron chi connectivity index (χ4n) is 2.87. The molecule has 0 aromatic heterocycles. The molecular formula is C13H14N2O3. The first-order chi connectivity index (χ1) is 8.72. The third kappa shape index (κ3) is 1.66. The molecule has 1 fully saturated rings. The monoisotopic (exact) mass is 246 g/mol. The Kier molecular flexibility index (Phi) is 2.54. The highest BCUT2D eigenvalue weighted by atomic mass is 16.6. The van der Waals surface area contributed by atoms with Crippen LogP contribution in [-0.4, -0.2) is 11.3 Å². The number of amides is 1. The van der Waals surface area contributed by atoms with Crippen molar-refractivity contribution in [3.8, 4) is 0 Å². The van der Waals surface area contributed by atoms with Gasteiger partial charge in [0, 0.05) is 5.56 Å². The number of benzene rings is 1. The van der Waals surface area contributed by atoms with E-state index in [0.717, 1.165) is 48.8 Å². The first-order valence-electron chi connectivity index (χ1n) is 6.25. The van der Waals surface area contributed by atoms with Crippen LogP contribution in [0.15, 0.2) is 6.07 Å². The van der Waals surface area contributed by atoms with E-state index in [1.807, 2.05) is 0 Å². The second kappa shape index (κ2) is 4.08. The summed E-state index contributed by atoms with van der Waals surface area (Å²) in [5.41, 5.74) is 3.42. The highest BCUT2D eigenvalue weighted by Gasteiger charge is 2.34. The SMILES string of the molecule is O=CNc1c(C2CC2)cc2c(c1[N+](=O)[O-])CCC2. The predicted octanol–water partition coefficient (Wildman–Crippen LogP) is 2.53. The molecule has 1 saturated carbocycles. The van der Waals surface area contributed by atoms with Gasteiger partial charge in [0.15, 0.2) is 0 Å². The van der Waals surface area contributed by atoms with Crippen molar-refractivity contribution >= 4 is 17.8 Å². The van der Waals surface area contributed by atoms with Crippen LogP contribution in [0.2, 0.25) is 0 Å². The fourth-order valence-corrected chi connectivity index (χ4v) is 2.87. The van der Waals surface area contributed by atoms with Gasteiger partial charge in [0.05, 0.1) is 4.92 Å². The highest BCUT2D eigenvalue weighted by molar-refractivity contribution is 5.83. The largest absolute Gasteiger partial charge is 0.323 e. The van der Waals surface area contributed by atoms with Crippen molar-refractivity contribution in [1.29, 1.82) is 0 Å². The van der Waals surface area contributed by atoms with Gasteiger partial charge in [-0.3, -0.25) is 14.9 Å². The molecule has 0 heterocycles. The zero-order valence-corrected chi connectivity index (χ0v) is 9.94. The van der Waals surface area contributed by atoms with E-state index < -0.39 is 0 Å². The summed E-state index contributed by atoms with van der Waals surface area (Å²) >= 11 is 0. The van der Waals surface area contributed by atoms with Gasteiger partial charge in [-0.15, -0.1) is 0 Å². The number of anilines is 1. The van der Waals surface area contributed by atoms with Gasteiger partial charge in [0.25, 0.3) is 5.69 Å². The molecule has 0 spiro atoms. The van der Waals surface area contributed by atoms with Gasteiger partial charge in [0.1, 0.15) is 5.69 Å². The summed E-state index contributed by atoms with van der Waals surface area (Å²) in [5, 5.41) is 13.9. The van der Waals surface area contributed by atoms with E-state index in [1.165, 1.54) is 0 Å². The molecule has 2 aliphatic carbocycles. The first-order valence-corrected chi connectivity index (χ1v) is 6.25. The molecule has 0 saturated heterocycles. The zero-order valence-electron chi connectivity index (χ0n) is 9.94. The van der Waals surface area contributed by atoms with E-state index in [2.05, 4.69) is 11.4 Å². The summed E-state index contributed by atoms with van der Waals surface area (Å²) in [4.78, 5) is 21.7. The van der Waals surface area contributed by atoms with E-state index >= 15 is 0 Å². The molecule has 3 rings (SSSR count). The lowest BCUT2D eigenvalue weighted by molar-refractivity contribution is -0.384. The third-order valence-electron chi connectivity index (χ3n) is 3.80.